The van der Waals surface area contributed by atoms with E-state index in [-0.39, 0.29) is 11.6 Å². The minimum Gasteiger partial charge on any atom is -0.496 e. The van der Waals surface area contributed by atoms with Crippen molar-refractivity contribution in [1.82, 2.24) is 0 Å². The summed E-state index contributed by atoms with van der Waals surface area (Å²) in [5.74, 6) is -0.0354. The zero-order chi connectivity index (χ0) is 16.9. The number of methoxy groups -OCH3 is 1. The predicted molar refractivity (Wildman–Crippen MR) is 92.7 cm³/mol. The van der Waals surface area contributed by atoms with Gasteiger partial charge in [-0.3, -0.25) is 9.59 Å². The molecule has 0 amide bonds. The SMILES string of the molecule is COc1cccc(C(=O)c2ccccc2)c1C(=O)c1ccccc1. The first kappa shape index (κ1) is 15.7. The van der Waals surface area contributed by atoms with Gasteiger partial charge in [-0.1, -0.05) is 72.8 Å². The predicted octanol–water partition coefficient (Wildman–Crippen LogP) is 4.16. The van der Waals surface area contributed by atoms with Crippen LogP contribution in [-0.2, 0) is 0 Å². The molecule has 24 heavy (non-hydrogen) atoms. The Morgan fingerprint density at radius 3 is 1.75 bits per heavy atom. The molecular weight excluding hydrogens is 300 g/mol. The Morgan fingerprint density at radius 1 is 0.667 bits per heavy atom. The van der Waals surface area contributed by atoms with Crippen LogP contribution in [0.2, 0.25) is 0 Å². The molecule has 3 heteroatoms. The Bertz CT molecular complexity index is 868. The maximum Gasteiger partial charge on any atom is 0.197 e. The van der Waals surface area contributed by atoms with Crippen molar-refractivity contribution in [1.29, 1.82) is 0 Å². The fourth-order valence-corrected chi connectivity index (χ4v) is 2.60. The van der Waals surface area contributed by atoms with Crippen molar-refractivity contribution in [3.63, 3.8) is 0 Å². The van der Waals surface area contributed by atoms with Gasteiger partial charge in [0.15, 0.2) is 11.6 Å². The molecule has 0 saturated carbocycles. The molecule has 118 valence electrons. The number of hydrogen-bond donors (Lipinski definition) is 0. The molecule has 0 unspecified atom stereocenters. The molecule has 0 saturated heterocycles. The first-order valence-electron chi connectivity index (χ1n) is 7.59. The lowest BCUT2D eigenvalue weighted by atomic mass is 9.92. The topological polar surface area (TPSA) is 43.4 Å². The summed E-state index contributed by atoms with van der Waals surface area (Å²) in [7, 11) is 1.49. The lowest BCUT2D eigenvalue weighted by Crippen LogP contribution is -2.12. The largest absolute Gasteiger partial charge is 0.496 e. The third-order valence-corrected chi connectivity index (χ3v) is 3.79. The van der Waals surface area contributed by atoms with Crippen LogP contribution >= 0.6 is 0 Å². The average Bonchev–Trinajstić information content (AvgIpc) is 2.67. The van der Waals surface area contributed by atoms with Gasteiger partial charge in [0.2, 0.25) is 0 Å². The van der Waals surface area contributed by atoms with Crippen LogP contribution in [0.5, 0.6) is 5.75 Å². The lowest BCUT2D eigenvalue weighted by molar-refractivity contribution is 0.100. The second kappa shape index (κ2) is 6.92. The second-order valence-electron chi connectivity index (χ2n) is 5.27. The van der Waals surface area contributed by atoms with Gasteiger partial charge < -0.3 is 4.74 Å². The molecule has 0 bridgehead atoms. The number of benzene rings is 3. The molecule has 3 aromatic rings. The highest BCUT2D eigenvalue weighted by Crippen LogP contribution is 2.27. The lowest BCUT2D eigenvalue weighted by Gasteiger charge is -2.12. The number of rotatable bonds is 5. The van der Waals surface area contributed by atoms with Crippen molar-refractivity contribution in [2.24, 2.45) is 0 Å². The van der Waals surface area contributed by atoms with Crippen LogP contribution in [-0.4, -0.2) is 18.7 Å². The van der Waals surface area contributed by atoms with Crippen molar-refractivity contribution < 1.29 is 14.3 Å². The summed E-state index contributed by atoms with van der Waals surface area (Å²) >= 11 is 0. The highest BCUT2D eigenvalue weighted by atomic mass is 16.5. The molecule has 0 radical (unpaired) electrons. The zero-order valence-electron chi connectivity index (χ0n) is 13.2. The molecule has 0 atom stereocenters. The summed E-state index contributed by atoms with van der Waals surface area (Å²) < 4.78 is 5.34. The van der Waals surface area contributed by atoms with Crippen LogP contribution in [0.3, 0.4) is 0 Å². The monoisotopic (exact) mass is 316 g/mol. The van der Waals surface area contributed by atoms with Gasteiger partial charge in [0.1, 0.15) is 5.75 Å². The van der Waals surface area contributed by atoms with E-state index in [2.05, 4.69) is 0 Å². The Balaban J connectivity index is 2.14. The highest BCUT2D eigenvalue weighted by Gasteiger charge is 2.23. The summed E-state index contributed by atoms with van der Waals surface area (Å²) in [6.45, 7) is 0. The van der Waals surface area contributed by atoms with E-state index in [9.17, 15) is 9.59 Å². The average molecular weight is 316 g/mol. The molecule has 0 spiro atoms. The van der Waals surface area contributed by atoms with Crippen LogP contribution < -0.4 is 4.74 Å². The second-order valence-corrected chi connectivity index (χ2v) is 5.27. The molecule has 0 aliphatic carbocycles. The van der Waals surface area contributed by atoms with Crippen LogP contribution in [0.4, 0.5) is 0 Å². The van der Waals surface area contributed by atoms with Gasteiger partial charge in [0.25, 0.3) is 0 Å². The zero-order valence-corrected chi connectivity index (χ0v) is 13.2. The van der Waals surface area contributed by atoms with E-state index in [1.807, 2.05) is 12.1 Å². The smallest absolute Gasteiger partial charge is 0.197 e. The number of carbonyl (C=O) groups is 2. The first-order chi connectivity index (χ1) is 11.7. The molecule has 3 rings (SSSR count). The van der Waals surface area contributed by atoms with Gasteiger partial charge in [-0.05, 0) is 6.07 Å². The molecule has 0 aromatic heterocycles. The normalized spacial score (nSPS) is 10.2. The molecule has 0 fully saturated rings. The number of hydrogen-bond acceptors (Lipinski definition) is 3. The maximum atomic E-state index is 13.0. The van der Waals surface area contributed by atoms with Gasteiger partial charge in [-0.15, -0.1) is 0 Å². The summed E-state index contributed by atoms with van der Waals surface area (Å²) in [5.41, 5.74) is 1.69. The van der Waals surface area contributed by atoms with E-state index in [0.717, 1.165) is 0 Å². The van der Waals surface area contributed by atoms with Crippen molar-refractivity contribution in [2.45, 2.75) is 0 Å². The molecule has 0 aliphatic heterocycles. The fraction of sp³-hybridized carbons (Fsp3) is 0.0476. The summed E-state index contributed by atoms with van der Waals surface area (Å²) in [4.78, 5) is 25.8. The number of carbonyl (C=O) groups excluding carboxylic acids is 2. The van der Waals surface area contributed by atoms with E-state index in [0.29, 0.717) is 28.0 Å². The minimum atomic E-state index is -0.229. The van der Waals surface area contributed by atoms with Gasteiger partial charge in [-0.2, -0.15) is 0 Å². The molecule has 0 aliphatic rings. The number of ether oxygens (including phenoxy) is 1. The summed E-state index contributed by atoms with van der Waals surface area (Å²) in [6.07, 6.45) is 0. The van der Waals surface area contributed by atoms with E-state index in [4.69, 9.17) is 4.74 Å². The van der Waals surface area contributed by atoms with Crippen molar-refractivity contribution in [3.05, 3.63) is 101 Å². The maximum absolute atomic E-state index is 13.0. The van der Waals surface area contributed by atoms with Crippen LogP contribution in [0, 0.1) is 0 Å². The minimum absolute atomic E-state index is 0.200. The van der Waals surface area contributed by atoms with Gasteiger partial charge in [0.05, 0.1) is 12.7 Å². The van der Waals surface area contributed by atoms with Crippen LogP contribution in [0.1, 0.15) is 31.8 Å². The Morgan fingerprint density at radius 2 is 1.21 bits per heavy atom. The summed E-state index contributed by atoms with van der Waals surface area (Å²) in [6, 6.07) is 22.9. The van der Waals surface area contributed by atoms with Gasteiger partial charge in [0, 0.05) is 16.7 Å². The van der Waals surface area contributed by atoms with E-state index >= 15 is 0 Å². The third kappa shape index (κ3) is 2.97. The first-order valence-corrected chi connectivity index (χ1v) is 7.59. The highest BCUT2D eigenvalue weighted by molar-refractivity contribution is 6.20. The Hall–Kier alpha value is -3.20. The van der Waals surface area contributed by atoms with E-state index < -0.39 is 0 Å². The molecule has 3 nitrogen and oxygen atoms in total. The standard InChI is InChI=1S/C21H16O3/c1-24-18-14-8-13-17(20(22)15-9-4-2-5-10-15)19(18)21(23)16-11-6-3-7-12-16/h2-14H,1H3. The molecular formula is C21H16O3. The quantitative estimate of drug-likeness (QED) is 0.664. The molecule has 0 heterocycles. The van der Waals surface area contributed by atoms with Crippen molar-refractivity contribution in [2.75, 3.05) is 7.11 Å². The third-order valence-electron chi connectivity index (χ3n) is 3.79. The van der Waals surface area contributed by atoms with Crippen molar-refractivity contribution >= 4 is 11.6 Å². The van der Waals surface area contributed by atoms with Gasteiger partial charge >= 0.3 is 0 Å². The van der Waals surface area contributed by atoms with E-state index in [1.165, 1.54) is 7.11 Å². The van der Waals surface area contributed by atoms with Crippen LogP contribution in [0.25, 0.3) is 0 Å². The van der Waals surface area contributed by atoms with E-state index in [1.54, 1.807) is 66.7 Å². The molecule has 3 aromatic carbocycles. The summed E-state index contributed by atoms with van der Waals surface area (Å²) in [5, 5.41) is 0. The van der Waals surface area contributed by atoms with Crippen LogP contribution in [0.15, 0.2) is 78.9 Å². The fourth-order valence-electron chi connectivity index (χ4n) is 2.60. The Kier molecular flexibility index (Phi) is 4.52. The van der Waals surface area contributed by atoms with Crippen molar-refractivity contribution in [3.8, 4) is 5.75 Å². The number of ketones is 2. The molecule has 0 N–H and O–H groups in total. The van der Waals surface area contributed by atoms with Gasteiger partial charge in [-0.25, -0.2) is 0 Å². The Labute approximate surface area is 140 Å².